The van der Waals surface area contributed by atoms with Crippen molar-refractivity contribution in [3.05, 3.63) is 113 Å². The Morgan fingerprint density at radius 1 is 1.03 bits per heavy atom. The number of pyridine rings is 1. The number of nitrogens with one attached hydrogen (secondary N) is 1. The highest BCUT2D eigenvalue weighted by atomic mass is 32.2. The van der Waals surface area contributed by atoms with Gasteiger partial charge in [-0.15, -0.1) is 0 Å². The van der Waals surface area contributed by atoms with E-state index in [1.807, 2.05) is 36.5 Å². The van der Waals surface area contributed by atoms with Crippen molar-refractivity contribution < 1.29 is 4.92 Å². The van der Waals surface area contributed by atoms with Crippen molar-refractivity contribution in [2.75, 3.05) is 4.90 Å². The summed E-state index contributed by atoms with van der Waals surface area (Å²) in [5.41, 5.74) is 3.18. The molecule has 2 atom stereocenters. The Morgan fingerprint density at radius 3 is 2.37 bits per heavy atom. The molecule has 1 saturated heterocycles. The molecule has 4 aromatic rings. The van der Waals surface area contributed by atoms with Gasteiger partial charge in [-0.2, -0.15) is 0 Å². The summed E-state index contributed by atoms with van der Waals surface area (Å²) in [4.78, 5) is 19.3. The van der Waals surface area contributed by atoms with Crippen LogP contribution in [0.4, 0.5) is 11.4 Å². The lowest BCUT2D eigenvalue weighted by Gasteiger charge is -2.29. The molecule has 1 fully saturated rings. The topological polar surface area (TPSA) is 76.2 Å². The molecule has 2 aromatic heterocycles. The fraction of sp³-hybridized carbons (Fsp3) is 0.154. The number of nitrogens with zero attached hydrogens (tertiary/aromatic N) is 4. The smallest absolute Gasteiger partial charge is 0.269 e. The third-order valence-corrected chi connectivity index (χ3v) is 7.33. The number of non-ortho nitro benzene ring substituents is 1. The van der Waals surface area contributed by atoms with Crippen molar-refractivity contribution in [3.8, 4) is 0 Å². The predicted octanol–water partition coefficient (Wildman–Crippen LogP) is 6.14. The Bertz CT molecular complexity index is 1340. The molecule has 0 bridgehead atoms. The van der Waals surface area contributed by atoms with E-state index in [-0.39, 0.29) is 22.7 Å². The van der Waals surface area contributed by atoms with E-state index in [1.165, 1.54) is 17.8 Å². The van der Waals surface area contributed by atoms with E-state index < -0.39 is 0 Å². The molecule has 3 heterocycles. The Labute approximate surface area is 213 Å². The third-order valence-electron chi connectivity index (χ3n) is 6.00. The van der Waals surface area contributed by atoms with Crippen molar-refractivity contribution in [2.24, 2.45) is 0 Å². The second-order valence-electron chi connectivity index (χ2n) is 8.06. The Morgan fingerprint density at radius 2 is 1.74 bits per heavy atom. The second-order valence-corrected chi connectivity index (χ2v) is 9.60. The number of anilines is 1. The van der Waals surface area contributed by atoms with Crippen LogP contribution in [-0.2, 0) is 6.54 Å². The monoisotopic (exact) mass is 501 g/mol. The van der Waals surface area contributed by atoms with E-state index in [0.29, 0.717) is 5.11 Å². The maximum Gasteiger partial charge on any atom is 0.269 e. The Hall–Kier alpha value is -3.69. The molecule has 1 N–H and O–H groups in total. The normalized spacial score (nSPS) is 17.4. The van der Waals surface area contributed by atoms with Crippen molar-refractivity contribution in [2.45, 2.75) is 35.3 Å². The van der Waals surface area contributed by atoms with Crippen LogP contribution in [0.15, 0.2) is 101 Å². The van der Waals surface area contributed by atoms with Crippen LogP contribution in [0.3, 0.4) is 0 Å². The van der Waals surface area contributed by atoms with Crippen LogP contribution in [0.5, 0.6) is 0 Å². The summed E-state index contributed by atoms with van der Waals surface area (Å²) in [5.74, 6) is 0. The predicted molar refractivity (Wildman–Crippen MR) is 142 cm³/mol. The molecule has 176 valence electrons. The molecule has 1 aliphatic rings. The van der Waals surface area contributed by atoms with Gasteiger partial charge in [0.15, 0.2) is 5.11 Å². The maximum absolute atomic E-state index is 10.9. The van der Waals surface area contributed by atoms with Crippen molar-refractivity contribution in [3.63, 3.8) is 0 Å². The summed E-state index contributed by atoms with van der Waals surface area (Å²) in [7, 11) is 0. The van der Waals surface area contributed by atoms with Crippen LogP contribution in [0.2, 0.25) is 0 Å². The molecular formula is C26H23N5O2S2. The molecule has 0 radical (unpaired) electrons. The maximum atomic E-state index is 10.9. The lowest BCUT2D eigenvalue weighted by Crippen LogP contribution is -2.30. The fourth-order valence-corrected chi connectivity index (χ4v) is 5.53. The summed E-state index contributed by atoms with van der Waals surface area (Å²) in [6.07, 6.45) is 3.90. The summed E-state index contributed by atoms with van der Waals surface area (Å²) < 4.78 is 2.24. The molecule has 35 heavy (non-hydrogen) atoms. The number of nitro groups is 1. The lowest BCUT2D eigenvalue weighted by atomic mass is 10.0. The van der Waals surface area contributed by atoms with E-state index in [1.54, 1.807) is 23.9 Å². The van der Waals surface area contributed by atoms with Gasteiger partial charge in [-0.3, -0.25) is 15.1 Å². The summed E-state index contributed by atoms with van der Waals surface area (Å²) in [6.45, 7) is 2.99. The number of aromatic nitrogens is 2. The van der Waals surface area contributed by atoms with Gasteiger partial charge in [-0.1, -0.05) is 17.8 Å². The van der Waals surface area contributed by atoms with Gasteiger partial charge in [0.2, 0.25) is 0 Å². The molecule has 2 unspecified atom stereocenters. The van der Waals surface area contributed by atoms with Crippen molar-refractivity contribution in [1.82, 2.24) is 14.9 Å². The molecule has 0 spiro atoms. The van der Waals surface area contributed by atoms with Gasteiger partial charge >= 0.3 is 0 Å². The summed E-state index contributed by atoms with van der Waals surface area (Å²) >= 11 is 7.38. The molecule has 9 heteroatoms. The lowest BCUT2D eigenvalue weighted by molar-refractivity contribution is -0.384. The summed E-state index contributed by atoms with van der Waals surface area (Å²) in [5, 5.41) is 15.1. The summed E-state index contributed by atoms with van der Waals surface area (Å²) in [6, 6.07) is 24.8. The number of benzene rings is 2. The number of aryl methyl sites for hydroxylation is 1. The first-order valence-electron chi connectivity index (χ1n) is 11.2. The van der Waals surface area contributed by atoms with Gasteiger partial charge < -0.3 is 14.8 Å². The first kappa shape index (κ1) is 23.1. The molecule has 1 aliphatic heterocycles. The third kappa shape index (κ3) is 4.65. The van der Waals surface area contributed by atoms with Crippen molar-refractivity contribution >= 4 is 40.5 Å². The zero-order valence-electron chi connectivity index (χ0n) is 18.9. The number of hydrogen-bond acceptors (Lipinski definition) is 5. The molecular weight excluding hydrogens is 478 g/mol. The number of hydrogen-bond donors (Lipinski definition) is 1. The first-order chi connectivity index (χ1) is 17.0. The average Bonchev–Trinajstić information content (AvgIpc) is 3.49. The van der Waals surface area contributed by atoms with E-state index in [2.05, 4.69) is 57.2 Å². The minimum atomic E-state index is -0.389. The van der Waals surface area contributed by atoms with Crippen LogP contribution < -0.4 is 10.2 Å². The first-order valence-corrected chi connectivity index (χ1v) is 12.5. The minimum Gasteiger partial charge on any atom is -0.351 e. The molecule has 7 nitrogen and oxygen atoms in total. The highest BCUT2D eigenvalue weighted by Gasteiger charge is 2.41. The molecule has 0 amide bonds. The largest absolute Gasteiger partial charge is 0.351 e. The van der Waals surface area contributed by atoms with Gasteiger partial charge in [0.25, 0.3) is 5.69 Å². The Balaban J connectivity index is 1.45. The van der Waals surface area contributed by atoms with Crippen LogP contribution in [0, 0.1) is 10.1 Å². The highest BCUT2D eigenvalue weighted by Crippen LogP contribution is 2.42. The zero-order chi connectivity index (χ0) is 24.4. The van der Waals surface area contributed by atoms with E-state index in [0.717, 1.165) is 27.7 Å². The zero-order valence-corrected chi connectivity index (χ0v) is 20.6. The van der Waals surface area contributed by atoms with Crippen LogP contribution in [0.25, 0.3) is 0 Å². The average molecular weight is 502 g/mol. The number of thiocarbonyl (C=S) groups is 1. The standard InChI is InChI=1S/C26H23N5O2S2/c1-2-29-17-5-7-23(29)25-24(22-6-3-4-16-27-22)28-26(34)30(25)18-8-12-20(13-9-18)35-21-14-10-19(11-15-21)31(32)33/h3-17,24-25H,2H2,1H3,(H,28,34). The molecule has 5 rings (SSSR count). The second kappa shape index (κ2) is 9.89. The van der Waals surface area contributed by atoms with Crippen LogP contribution in [0.1, 0.15) is 30.4 Å². The van der Waals surface area contributed by atoms with E-state index in [9.17, 15) is 10.1 Å². The van der Waals surface area contributed by atoms with Crippen molar-refractivity contribution in [1.29, 1.82) is 0 Å². The van der Waals surface area contributed by atoms with Crippen LogP contribution in [-0.4, -0.2) is 19.6 Å². The van der Waals surface area contributed by atoms with Crippen LogP contribution >= 0.6 is 24.0 Å². The minimum absolute atomic E-state index is 0.0551. The quantitative estimate of drug-likeness (QED) is 0.185. The molecule has 2 aromatic carbocycles. The molecule has 0 saturated carbocycles. The van der Waals surface area contributed by atoms with Gasteiger partial charge in [0, 0.05) is 52.2 Å². The number of nitro benzene ring substituents is 1. The van der Waals surface area contributed by atoms with Gasteiger partial charge in [0.05, 0.1) is 16.7 Å². The van der Waals surface area contributed by atoms with Gasteiger partial charge in [-0.25, -0.2) is 0 Å². The fourth-order valence-electron chi connectivity index (χ4n) is 4.36. The SMILES string of the molecule is CCn1cccc1C1C(c2ccccn2)NC(=S)N1c1ccc(Sc2ccc([N+](=O)[O-])cc2)cc1. The van der Waals surface area contributed by atoms with Gasteiger partial charge in [0.1, 0.15) is 6.04 Å². The van der Waals surface area contributed by atoms with E-state index >= 15 is 0 Å². The highest BCUT2D eigenvalue weighted by molar-refractivity contribution is 7.99. The Kier molecular flexibility index (Phi) is 6.52. The van der Waals surface area contributed by atoms with Gasteiger partial charge in [-0.05, 0) is 79.8 Å². The number of rotatable bonds is 7. The van der Waals surface area contributed by atoms with E-state index in [4.69, 9.17) is 12.2 Å². The molecule has 0 aliphatic carbocycles.